The zero-order valence-corrected chi connectivity index (χ0v) is 5.17. The summed E-state index contributed by atoms with van der Waals surface area (Å²) in [5.41, 5.74) is 7.04. The van der Waals surface area contributed by atoms with Gasteiger partial charge >= 0.3 is 0 Å². The summed E-state index contributed by atoms with van der Waals surface area (Å²) in [6, 6.07) is 9.69. The molecular weight excluding hydrogens is 122 g/mol. The van der Waals surface area contributed by atoms with Crippen molar-refractivity contribution in [3.8, 4) is 0 Å². The molecule has 0 spiro atoms. The summed E-state index contributed by atoms with van der Waals surface area (Å²) in [4.78, 5) is 0. The van der Waals surface area contributed by atoms with Gasteiger partial charge in [-0.05, 0) is 5.56 Å². The van der Waals surface area contributed by atoms with Crippen molar-refractivity contribution in [1.82, 2.24) is 0 Å². The summed E-state index contributed by atoms with van der Waals surface area (Å²) in [6.07, 6.45) is 0. The van der Waals surface area contributed by atoms with Gasteiger partial charge in [0.15, 0.2) is 0 Å². The molecule has 1 nitrogen and oxygen atoms in total. The molecule has 0 aliphatic rings. The van der Waals surface area contributed by atoms with Gasteiger partial charge in [-0.3, -0.25) is 0 Å². The smallest absolute Gasteiger partial charge is 0.0314 e. The monoisotopic (exact) mass is 135 g/mol. The van der Waals surface area contributed by atoms with Crippen molar-refractivity contribution in [1.29, 1.82) is 0 Å². The number of hydrogen-bond acceptors (Lipinski definition) is 1. The number of rotatable bonds is 1. The molecule has 10 heavy (non-hydrogen) atoms. The molecule has 54 valence electrons. The average molecular weight is 135 g/mol. The molecular formula is C9H13N. The van der Waals surface area contributed by atoms with Crippen LogP contribution in [0.1, 0.15) is 13.0 Å². The normalized spacial score (nSPS) is 8.00. The van der Waals surface area contributed by atoms with Gasteiger partial charge in [-0.2, -0.15) is 0 Å². The van der Waals surface area contributed by atoms with Gasteiger partial charge in [-0.15, -0.1) is 0 Å². The quantitative estimate of drug-likeness (QED) is 0.628. The highest BCUT2D eigenvalue weighted by Gasteiger charge is 1.86. The largest absolute Gasteiger partial charge is 0.399 e. The Morgan fingerprint density at radius 3 is 2.00 bits per heavy atom. The zero-order valence-electron chi connectivity index (χ0n) is 5.17. The molecule has 1 aromatic carbocycles. The van der Waals surface area contributed by atoms with E-state index >= 15 is 0 Å². The van der Waals surface area contributed by atoms with Gasteiger partial charge in [0.2, 0.25) is 0 Å². The Morgan fingerprint density at radius 1 is 1.20 bits per heavy atom. The molecule has 0 aliphatic carbocycles. The summed E-state index contributed by atoms with van der Waals surface area (Å²) in [6.45, 7) is 3.60. The lowest BCUT2D eigenvalue weighted by molar-refractivity contribution is 1.53. The lowest BCUT2D eigenvalue weighted by Gasteiger charge is -1.95. The predicted octanol–water partition coefficient (Wildman–Crippen LogP) is 2.25. The molecule has 0 saturated heterocycles. The molecule has 2 N–H and O–H groups in total. The van der Waals surface area contributed by atoms with Crippen LogP contribution in [-0.4, -0.2) is 0 Å². The van der Waals surface area contributed by atoms with Crippen molar-refractivity contribution >= 4 is 5.70 Å². The highest BCUT2D eigenvalue weighted by molar-refractivity contribution is 5.59. The molecule has 0 heterocycles. The Labute approximate surface area is 62.2 Å². The van der Waals surface area contributed by atoms with E-state index in [2.05, 4.69) is 6.58 Å². The predicted molar refractivity (Wildman–Crippen MR) is 46.4 cm³/mol. The van der Waals surface area contributed by atoms with Gasteiger partial charge in [-0.25, -0.2) is 0 Å². The fraction of sp³-hybridized carbons (Fsp3) is 0.111. The van der Waals surface area contributed by atoms with Crippen LogP contribution in [0.5, 0.6) is 0 Å². The van der Waals surface area contributed by atoms with E-state index < -0.39 is 0 Å². The molecule has 1 aromatic rings. The minimum atomic E-state index is 0. The molecule has 0 fully saturated rings. The Hall–Kier alpha value is -1.24. The Bertz CT molecular complexity index is 201. The lowest BCUT2D eigenvalue weighted by atomic mass is 10.2. The molecule has 0 unspecified atom stereocenters. The van der Waals surface area contributed by atoms with E-state index in [1.54, 1.807) is 0 Å². The Balaban J connectivity index is 0.000000810. The number of nitrogens with two attached hydrogens (primary N) is 1. The van der Waals surface area contributed by atoms with Crippen LogP contribution in [0.15, 0.2) is 36.9 Å². The first kappa shape index (κ1) is 8.76. The van der Waals surface area contributed by atoms with Crippen molar-refractivity contribution in [3.05, 3.63) is 42.5 Å². The van der Waals surface area contributed by atoms with E-state index in [0.29, 0.717) is 5.70 Å². The zero-order chi connectivity index (χ0) is 6.69. The van der Waals surface area contributed by atoms with Crippen molar-refractivity contribution in [2.75, 3.05) is 0 Å². The molecule has 1 heteroatoms. The standard InChI is InChI=1S/C8H9N.CH4/c1-7(9)8-5-3-2-4-6-8;/h2-6H,1,9H2;1H4. The Kier molecular flexibility index (Phi) is 3.26. The molecule has 0 bridgehead atoms. The van der Waals surface area contributed by atoms with Gasteiger partial charge in [-0.1, -0.05) is 44.3 Å². The third-order valence-electron chi connectivity index (χ3n) is 1.14. The van der Waals surface area contributed by atoms with E-state index in [9.17, 15) is 0 Å². The highest BCUT2D eigenvalue weighted by atomic mass is 14.6. The first-order valence-electron chi connectivity index (χ1n) is 2.80. The first-order valence-corrected chi connectivity index (χ1v) is 2.80. The molecule has 0 radical (unpaired) electrons. The Morgan fingerprint density at radius 2 is 1.70 bits per heavy atom. The van der Waals surface area contributed by atoms with Crippen LogP contribution in [0.25, 0.3) is 5.70 Å². The van der Waals surface area contributed by atoms with Crippen LogP contribution < -0.4 is 5.73 Å². The summed E-state index contributed by atoms with van der Waals surface area (Å²) in [5.74, 6) is 0. The lowest BCUT2D eigenvalue weighted by Crippen LogP contribution is -1.91. The van der Waals surface area contributed by atoms with Crippen molar-refractivity contribution in [3.63, 3.8) is 0 Å². The van der Waals surface area contributed by atoms with Crippen LogP contribution >= 0.6 is 0 Å². The van der Waals surface area contributed by atoms with Gasteiger partial charge < -0.3 is 5.73 Å². The van der Waals surface area contributed by atoms with Gasteiger partial charge in [0, 0.05) is 5.70 Å². The fourth-order valence-electron chi connectivity index (χ4n) is 0.652. The van der Waals surface area contributed by atoms with Gasteiger partial charge in [0.05, 0.1) is 0 Å². The molecule has 0 amide bonds. The number of benzene rings is 1. The molecule has 0 aromatic heterocycles. The summed E-state index contributed by atoms with van der Waals surface area (Å²) in [5, 5.41) is 0. The van der Waals surface area contributed by atoms with Crippen LogP contribution in [0, 0.1) is 0 Å². The number of hydrogen-bond donors (Lipinski definition) is 1. The van der Waals surface area contributed by atoms with E-state index in [-0.39, 0.29) is 7.43 Å². The fourth-order valence-corrected chi connectivity index (χ4v) is 0.652. The van der Waals surface area contributed by atoms with Crippen molar-refractivity contribution in [2.24, 2.45) is 5.73 Å². The maximum Gasteiger partial charge on any atom is 0.0314 e. The second-order valence-corrected chi connectivity index (χ2v) is 1.89. The summed E-state index contributed by atoms with van der Waals surface area (Å²) >= 11 is 0. The summed E-state index contributed by atoms with van der Waals surface area (Å²) in [7, 11) is 0. The highest BCUT2D eigenvalue weighted by Crippen LogP contribution is 2.03. The van der Waals surface area contributed by atoms with E-state index in [1.807, 2.05) is 30.3 Å². The van der Waals surface area contributed by atoms with Gasteiger partial charge in [0.1, 0.15) is 0 Å². The average Bonchev–Trinajstić information content (AvgIpc) is 1.90. The van der Waals surface area contributed by atoms with Crippen molar-refractivity contribution < 1.29 is 0 Å². The third kappa shape index (κ3) is 1.94. The molecule has 1 rings (SSSR count). The topological polar surface area (TPSA) is 26.0 Å². The van der Waals surface area contributed by atoms with E-state index in [4.69, 9.17) is 5.73 Å². The molecule has 0 aliphatic heterocycles. The minimum Gasteiger partial charge on any atom is -0.399 e. The third-order valence-corrected chi connectivity index (χ3v) is 1.14. The van der Waals surface area contributed by atoms with Gasteiger partial charge in [0.25, 0.3) is 0 Å². The van der Waals surface area contributed by atoms with Crippen molar-refractivity contribution in [2.45, 2.75) is 7.43 Å². The van der Waals surface area contributed by atoms with E-state index in [1.165, 1.54) is 0 Å². The van der Waals surface area contributed by atoms with Crippen LogP contribution in [0.4, 0.5) is 0 Å². The second-order valence-electron chi connectivity index (χ2n) is 1.89. The van der Waals surface area contributed by atoms with Crippen LogP contribution in [0.3, 0.4) is 0 Å². The second kappa shape index (κ2) is 3.72. The first-order chi connectivity index (χ1) is 4.30. The SMILES string of the molecule is C.C=C(N)c1ccccc1. The minimum absolute atomic E-state index is 0. The van der Waals surface area contributed by atoms with Crippen LogP contribution in [-0.2, 0) is 0 Å². The molecule has 0 saturated carbocycles. The summed E-state index contributed by atoms with van der Waals surface area (Å²) < 4.78 is 0. The van der Waals surface area contributed by atoms with Crippen LogP contribution in [0.2, 0.25) is 0 Å². The molecule has 0 atom stereocenters. The maximum atomic E-state index is 5.42. The van der Waals surface area contributed by atoms with E-state index in [0.717, 1.165) is 5.56 Å². The maximum absolute atomic E-state index is 5.42.